The zero-order valence-corrected chi connectivity index (χ0v) is 17.8. The first-order valence-electron chi connectivity index (χ1n) is 11.5. The van der Waals surface area contributed by atoms with Crippen molar-refractivity contribution in [3.63, 3.8) is 0 Å². The van der Waals surface area contributed by atoms with Crippen LogP contribution in [0.2, 0.25) is 0 Å². The minimum Gasteiger partial charge on any atom is -0.460 e. The normalized spacial score (nSPS) is 44.7. The molecule has 0 aromatic heterocycles. The summed E-state index contributed by atoms with van der Waals surface area (Å²) in [5.74, 6) is 2.79. The van der Waals surface area contributed by atoms with Gasteiger partial charge in [-0.05, 0) is 87.9 Å². The van der Waals surface area contributed by atoms with Crippen molar-refractivity contribution >= 4 is 11.9 Å². The van der Waals surface area contributed by atoms with E-state index in [9.17, 15) is 9.59 Å². The SMILES string of the molecule is CC(C)(C)OC(=O)CC1C2CC(C1C(=O)OC1CCCCO1)C1C3C=CC(C3)C21. The first-order valence-corrected chi connectivity index (χ1v) is 11.5. The molecule has 29 heavy (non-hydrogen) atoms. The maximum atomic E-state index is 13.3. The average Bonchev–Trinajstić information content (AvgIpc) is 3.39. The Bertz CT molecular complexity index is 701. The molecule has 160 valence electrons. The summed E-state index contributed by atoms with van der Waals surface area (Å²) >= 11 is 0. The van der Waals surface area contributed by atoms with Crippen molar-refractivity contribution < 1.29 is 23.8 Å². The van der Waals surface area contributed by atoms with E-state index in [1.54, 1.807) is 0 Å². The molecular weight excluding hydrogens is 368 g/mol. The predicted octanol–water partition coefficient (Wildman–Crippen LogP) is 4.11. The molecule has 5 heteroatoms. The molecule has 0 amide bonds. The number of carbonyl (C=O) groups excluding carboxylic acids is 2. The van der Waals surface area contributed by atoms with Crippen LogP contribution in [0.3, 0.4) is 0 Å². The van der Waals surface area contributed by atoms with Crippen molar-refractivity contribution in [2.24, 2.45) is 47.3 Å². The van der Waals surface area contributed by atoms with E-state index in [0.717, 1.165) is 25.7 Å². The number of carbonyl (C=O) groups is 2. The summed E-state index contributed by atoms with van der Waals surface area (Å²) in [4.78, 5) is 26.0. The van der Waals surface area contributed by atoms with Crippen molar-refractivity contribution in [2.75, 3.05) is 6.61 Å². The number of allylic oxidation sites excluding steroid dienone is 2. The van der Waals surface area contributed by atoms with Crippen molar-refractivity contribution in [2.45, 2.75) is 71.2 Å². The monoisotopic (exact) mass is 402 g/mol. The minimum atomic E-state index is -0.502. The van der Waals surface area contributed by atoms with Crippen molar-refractivity contribution in [1.82, 2.24) is 0 Å². The molecule has 1 aliphatic heterocycles. The van der Waals surface area contributed by atoms with Gasteiger partial charge in [-0.25, -0.2) is 0 Å². The third kappa shape index (κ3) is 3.43. The Morgan fingerprint density at radius 1 is 1.03 bits per heavy atom. The van der Waals surface area contributed by atoms with E-state index in [0.29, 0.717) is 48.5 Å². The van der Waals surface area contributed by atoms with Gasteiger partial charge in [0.25, 0.3) is 0 Å². The highest BCUT2D eigenvalue weighted by Gasteiger charge is 2.66. The maximum Gasteiger partial charge on any atom is 0.311 e. The summed E-state index contributed by atoms with van der Waals surface area (Å²) < 4.78 is 17.1. The van der Waals surface area contributed by atoms with Gasteiger partial charge in [0, 0.05) is 12.8 Å². The van der Waals surface area contributed by atoms with Crippen LogP contribution >= 0.6 is 0 Å². The molecule has 9 atom stereocenters. The summed E-state index contributed by atoms with van der Waals surface area (Å²) in [6.45, 7) is 6.35. The van der Waals surface area contributed by atoms with Gasteiger partial charge in [-0.2, -0.15) is 0 Å². The van der Waals surface area contributed by atoms with Gasteiger partial charge in [-0.1, -0.05) is 12.2 Å². The molecule has 0 radical (unpaired) electrons. The highest BCUT2D eigenvalue weighted by molar-refractivity contribution is 5.77. The highest BCUT2D eigenvalue weighted by Crippen LogP contribution is 2.69. The molecule has 0 aromatic rings. The van der Waals surface area contributed by atoms with Gasteiger partial charge < -0.3 is 14.2 Å². The average molecular weight is 403 g/mol. The molecule has 1 saturated heterocycles. The Hall–Kier alpha value is -1.36. The standard InChI is InChI=1S/C24H34O5/c1-24(2,3)29-18(25)12-16-15-11-17(21-14-8-7-13(10-14)20(15)21)22(16)23(26)28-19-6-4-5-9-27-19/h7-8,13-17,19-22H,4-6,9-12H2,1-3H3. The first-order chi connectivity index (χ1) is 13.8. The lowest BCUT2D eigenvalue weighted by molar-refractivity contribution is -0.196. The second-order valence-electron chi connectivity index (χ2n) is 10.9. The molecule has 0 aromatic carbocycles. The number of rotatable bonds is 4. The van der Waals surface area contributed by atoms with Crippen LogP contribution in [0, 0.1) is 47.3 Å². The van der Waals surface area contributed by atoms with E-state index in [1.165, 1.54) is 6.42 Å². The van der Waals surface area contributed by atoms with Gasteiger partial charge in [0.15, 0.2) is 0 Å². The molecule has 3 saturated carbocycles. The quantitative estimate of drug-likeness (QED) is 0.402. The fourth-order valence-corrected chi connectivity index (χ4v) is 7.38. The van der Waals surface area contributed by atoms with Crippen molar-refractivity contribution in [1.29, 1.82) is 0 Å². The van der Waals surface area contributed by atoms with E-state index in [2.05, 4.69) is 12.2 Å². The van der Waals surface area contributed by atoms with Crippen molar-refractivity contribution in [3.05, 3.63) is 12.2 Å². The molecule has 4 bridgehead atoms. The first kappa shape index (κ1) is 19.6. The Kier molecular flexibility index (Phi) is 4.80. The largest absolute Gasteiger partial charge is 0.460 e. The number of esters is 2. The molecule has 0 spiro atoms. The molecule has 4 aliphatic carbocycles. The molecular formula is C24H34O5. The lowest BCUT2D eigenvalue weighted by Crippen LogP contribution is -2.43. The van der Waals surface area contributed by atoms with Gasteiger partial charge in [0.1, 0.15) is 5.60 Å². The fraction of sp³-hybridized carbons (Fsp3) is 0.833. The third-order valence-corrected chi connectivity index (χ3v) is 8.07. The Morgan fingerprint density at radius 3 is 2.41 bits per heavy atom. The number of hydrogen-bond acceptors (Lipinski definition) is 5. The molecule has 5 nitrogen and oxygen atoms in total. The summed E-state index contributed by atoms with van der Waals surface area (Å²) in [6.07, 6.45) is 9.82. The van der Waals surface area contributed by atoms with Crippen LogP contribution < -0.4 is 0 Å². The second-order valence-corrected chi connectivity index (χ2v) is 10.9. The molecule has 0 N–H and O–H groups in total. The van der Waals surface area contributed by atoms with E-state index in [1.807, 2.05) is 20.8 Å². The summed E-state index contributed by atoms with van der Waals surface area (Å²) in [5.41, 5.74) is -0.502. The van der Waals surface area contributed by atoms with E-state index in [4.69, 9.17) is 14.2 Å². The van der Waals surface area contributed by atoms with Crippen LogP contribution in [0.1, 0.15) is 59.3 Å². The van der Waals surface area contributed by atoms with Crippen LogP contribution in [0.4, 0.5) is 0 Å². The lowest BCUT2D eigenvalue weighted by Gasteiger charge is -2.41. The zero-order chi connectivity index (χ0) is 20.3. The van der Waals surface area contributed by atoms with Crippen molar-refractivity contribution in [3.8, 4) is 0 Å². The number of hydrogen-bond donors (Lipinski definition) is 0. The maximum absolute atomic E-state index is 13.3. The van der Waals surface area contributed by atoms with Crippen LogP contribution in [-0.4, -0.2) is 30.4 Å². The van der Waals surface area contributed by atoms with Gasteiger partial charge in [0.05, 0.1) is 12.5 Å². The Morgan fingerprint density at radius 2 is 1.76 bits per heavy atom. The van der Waals surface area contributed by atoms with Crippen LogP contribution in [-0.2, 0) is 23.8 Å². The third-order valence-electron chi connectivity index (χ3n) is 8.07. The minimum absolute atomic E-state index is 0.0416. The second kappa shape index (κ2) is 7.11. The Balaban J connectivity index is 1.36. The topological polar surface area (TPSA) is 61.8 Å². The molecule has 9 unspecified atom stereocenters. The zero-order valence-electron chi connectivity index (χ0n) is 17.8. The molecule has 4 fully saturated rings. The van der Waals surface area contributed by atoms with Gasteiger partial charge in [-0.3, -0.25) is 9.59 Å². The number of fused-ring (bicyclic) bond motifs is 9. The van der Waals surface area contributed by atoms with E-state index in [-0.39, 0.29) is 23.8 Å². The van der Waals surface area contributed by atoms with Gasteiger partial charge in [0.2, 0.25) is 6.29 Å². The van der Waals surface area contributed by atoms with Crippen LogP contribution in [0.15, 0.2) is 12.2 Å². The lowest BCUT2D eigenvalue weighted by atomic mass is 9.64. The summed E-state index contributed by atoms with van der Waals surface area (Å²) in [5, 5.41) is 0. The Labute approximate surface area is 173 Å². The molecule has 5 aliphatic rings. The van der Waals surface area contributed by atoms with Gasteiger partial charge in [-0.15, -0.1) is 0 Å². The van der Waals surface area contributed by atoms with Gasteiger partial charge >= 0.3 is 11.9 Å². The smallest absolute Gasteiger partial charge is 0.311 e. The predicted molar refractivity (Wildman–Crippen MR) is 106 cm³/mol. The molecule has 5 rings (SSSR count). The van der Waals surface area contributed by atoms with Crippen LogP contribution in [0.5, 0.6) is 0 Å². The van der Waals surface area contributed by atoms with Crippen LogP contribution in [0.25, 0.3) is 0 Å². The molecule has 1 heterocycles. The highest BCUT2D eigenvalue weighted by atomic mass is 16.7. The summed E-state index contributed by atoms with van der Waals surface area (Å²) in [6, 6.07) is 0. The van der Waals surface area contributed by atoms with E-state index < -0.39 is 11.9 Å². The summed E-state index contributed by atoms with van der Waals surface area (Å²) in [7, 11) is 0. The van der Waals surface area contributed by atoms with E-state index >= 15 is 0 Å². The number of ether oxygens (including phenoxy) is 3. The fourth-order valence-electron chi connectivity index (χ4n) is 7.38.